The number of nitrogens with zero attached hydrogens (tertiary/aromatic N) is 1. The van der Waals surface area contributed by atoms with Crippen molar-refractivity contribution in [1.82, 2.24) is 10.3 Å². The molecule has 0 saturated carbocycles. The molecule has 1 aromatic rings. The van der Waals surface area contributed by atoms with Gasteiger partial charge in [-0.15, -0.1) is 0 Å². The zero-order chi connectivity index (χ0) is 14.3. The molecule has 0 aliphatic rings. The number of ether oxygens (including phenoxy) is 1. The van der Waals surface area contributed by atoms with Crippen molar-refractivity contribution in [3.05, 3.63) is 23.0 Å². The maximum atomic E-state index is 5.48. The molecule has 0 bridgehead atoms. The van der Waals surface area contributed by atoms with E-state index in [1.165, 1.54) is 24.8 Å². The van der Waals surface area contributed by atoms with Crippen LogP contribution in [0.2, 0.25) is 0 Å². The summed E-state index contributed by atoms with van der Waals surface area (Å²) in [5, 5.41) is 3.56. The van der Waals surface area contributed by atoms with E-state index in [-0.39, 0.29) is 0 Å². The number of likely N-dealkylation sites (N-methyl/N-ethyl adjacent to an activating group) is 1. The molecule has 1 N–H and O–H groups in total. The molecule has 19 heavy (non-hydrogen) atoms. The van der Waals surface area contributed by atoms with E-state index < -0.39 is 0 Å². The van der Waals surface area contributed by atoms with Gasteiger partial charge in [-0.3, -0.25) is 4.98 Å². The molecular weight excluding hydrogens is 236 g/mol. The molecule has 0 fully saturated rings. The fourth-order valence-electron chi connectivity index (χ4n) is 2.53. The summed E-state index contributed by atoms with van der Waals surface area (Å²) in [5.74, 6) is 0.982. The average molecular weight is 264 g/mol. The van der Waals surface area contributed by atoms with Gasteiger partial charge in [-0.1, -0.05) is 26.7 Å². The molecule has 108 valence electrons. The summed E-state index contributed by atoms with van der Waals surface area (Å²) in [5.41, 5.74) is 3.45. The minimum atomic E-state index is 0.517. The molecule has 0 aliphatic heterocycles. The summed E-state index contributed by atoms with van der Waals surface area (Å²) in [6.07, 6.45) is 6.62. The second-order valence-corrected chi connectivity index (χ2v) is 5.15. The van der Waals surface area contributed by atoms with Crippen molar-refractivity contribution in [2.24, 2.45) is 0 Å². The first-order valence-corrected chi connectivity index (χ1v) is 7.36. The van der Waals surface area contributed by atoms with Crippen molar-refractivity contribution in [1.29, 1.82) is 0 Å². The van der Waals surface area contributed by atoms with Gasteiger partial charge < -0.3 is 10.1 Å². The zero-order valence-corrected chi connectivity index (χ0v) is 13.0. The number of nitrogens with one attached hydrogen (secondary N) is 1. The van der Waals surface area contributed by atoms with Crippen LogP contribution in [0.1, 0.15) is 49.9 Å². The van der Waals surface area contributed by atoms with Crippen LogP contribution in [0.25, 0.3) is 0 Å². The lowest BCUT2D eigenvalue weighted by molar-refractivity contribution is 0.405. The lowest BCUT2D eigenvalue weighted by atomic mass is 10.0. The third-order valence-electron chi connectivity index (χ3n) is 3.59. The molecule has 3 nitrogen and oxygen atoms in total. The summed E-state index contributed by atoms with van der Waals surface area (Å²) >= 11 is 0. The van der Waals surface area contributed by atoms with Crippen molar-refractivity contribution in [2.75, 3.05) is 13.7 Å². The SMILES string of the molecule is CCCCC(Cc1ncc(C)c(OC)c1C)NCC. The second kappa shape index (κ2) is 8.16. The molecule has 0 saturated heterocycles. The van der Waals surface area contributed by atoms with E-state index in [2.05, 4.69) is 31.1 Å². The number of hydrogen-bond donors (Lipinski definition) is 1. The zero-order valence-electron chi connectivity index (χ0n) is 13.0. The van der Waals surface area contributed by atoms with Gasteiger partial charge in [-0.25, -0.2) is 0 Å². The Bertz CT molecular complexity index is 391. The molecule has 0 spiro atoms. The van der Waals surface area contributed by atoms with Crippen LogP contribution in [-0.4, -0.2) is 24.7 Å². The normalized spacial score (nSPS) is 12.5. The minimum absolute atomic E-state index is 0.517. The van der Waals surface area contributed by atoms with Gasteiger partial charge in [0.05, 0.1) is 7.11 Å². The van der Waals surface area contributed by atoms with Crippen LogP contribution in [0.15, 0.2) is 6.20 Å². The number of methoxy groups -OCH3 is 1. The molecule has 1 heterocycles. The lowest BCUT2D eigenvalue weighted by Gasteiger charge is -2.19. The first-order chi connectivity index (χ1) is 9.13. The number of unbranched alkanes of at least 4 members (excludes halogenated alkanes) is 1. The highest BCUT2D eigenvalue weighted by Crippen LogP contribution is 2.25. The van der Waals surface area contributed by atoms with Crippen molar-refractivity contribution >= 4 is 0 Å². The Balaban J connectivity index is 2.83. The minimum Gasteiger partial charge on any atom is -0.496 e. The maximum absolute atomic E-state index is 5.48. The van der Waals surface area contributed by atoms with Crippen LogP contribution >= 0.6 is 0 Å². The quantitative estimate of drug-likeness (QED) is 0.781. The summed E-state index contributed by atoms with van der Waals surface area (Å²) in [4.78, 5) is 4.60. The molecule has 0 aromatic carbocycles. The number of aryl methyl sites for hydroxylation is 1. The van der Waals surface area contributed by atoms with E-state index in [9.17, 15) is 0 Å². The Kier molecular flexibility index (Phi) is 6.85. The van der Waals surface area contributed by atoms with Crippen LogP contribution in [0.5, 0.6) is 5.75 Å². The molecule has 1 unspecified atom stereocenters. The smallest absolute Gasteiger partial charge is 0.128 e. The van der Waals surface area contributed by atoms with Crippen molar-refractivity contribution in [2.45, 2.75) is 59.4 Å². The summed E-state index contributed by atoms with van der Waals surface area (Å²) < 4.78 is 5.48. The Morgan fingerprint density at radius 2 is 2.05 bits per heavy atom. The van der Waals surface area contributed by atoms with Gasteiger partial charge in [-0.05, 0) is 26.8 Å². The Morgan fingerprint density at radius 1 is 1.32 bits per heavy atom. The van der Waals surface area contributed by atoms with Crippen molar-refractivity contribution < 1.29 is 4.74 Å². The lowest BCUT2D eigenvalue weighted by Crippen LogP contribution is -2.31. The number of hydrogen-bond acceptors (Lipinski definition) is 3. The van der Waals surface area contributed by atoms with Gasteiger partial charge in [0, 0.05) is 35.5 Å². The van der Waals surface area contributed by atoms with E-state index >= 15 is 0 Å². The van der Waals surface area contributed by atoms with Crippen molar-refractivity contribution in [3.63, 3.8) is 0 Å². The third-order valence-corrected chi connectivity index (χ3v) is 3.59. The number of aromatic nitrogens is 1. The van der Waals surface area contributed by atoms with E-state index in [4.69, 9.17) is 4.74 Å². The van der Waals surface area contributed by atoms with E-state index in [0.29, 0.717) is 6.04 Å². The molecule has 1 rings (SSSR count). The van der Waals surface area contributed by atoms with Gasteiger partial charge >= 0.3 is 0 Å². The highest BCUT2D eigenvalue weighted by molar-refractivity contribution is 5.41. The van der Waals surface area contributed by atoms with E-state index in [1.807, 2.05) is 13.1 Å². The highest BCUT2D eigenvalue weighted by atomic mass is 16.5. The molecule has 0 amide bonds. The maximum Gasteiger partial charge on any atom is 0.128 e. The van der Waals surface area contributed by atoms with Crippen LogP contribution in [0, 0.1) is 13.8 Å². The Labute approximate surface area is 117 Å². The highest BCUT2D eigenvalue weighted by Gasteiger charge is 2.14. The van der Waals surface area contributed by atoms with Crippen LogP contribution in [0.4, 0.5) is 0 Å². The Hall–Kier alpha value is -1.09. The molecular formula is C16H28N2O. The number of rotatable bonds is 8. The molecule has 0 aliphatic carbocycles. The fraction of sp³-hybridized carbons (Fsp3) is 0.688. The first-order valence-electron chi connectivity index (χ1n) is 7.36. The Morgan fingerprint density at radius 3 is 2.63 bits per heavy atom. The van der Waals surface area contributed by atoms with Crippen LogP contribution in [-0.2, 0) is 6.42 Å². The average Bonchev–Trinajstić information content (AvgIpc) is 2.40. The monoisotopic (exact) mass is 264 g/mol. The summed E-state index contributed by atoms with van der Waals surface area (Å²) in [6.45, 7) is 9.56. The standard InChI is InChI=1S/C16H28N2O/c1-6-8-9-14(17-7-2)10-15-13(4)16(19-5)12(3)11-18-15/h11,14,17H,6-10H2,1-5H3. The largest absolute Gasteiger partial charge is 0.496 e. The van der Waals surface area contributed by atoms with Gasteiger partial charge in [0.25, 0.3) is 0 Å². The molecule has 3 heteroatoms. The molecule has 1 aromatic heterocycles. The van der Waals surface area contributed by atoms with E-state index in [1.54, 1.807) is 7.11 Å². The number of pyridine rings is 1. The van der Waals surface area contributed by atoms with Crippen LogP contribution < -0.4 is 10.1 Å². The van der Waals surface area contributed by atoms with Crippen molar-refractivity contribution in [3.8, 4) is 5.75 Å². The van der Waals surface area contributed by atoms with Crippen LogP contribution in [0.3, 0.4) is 0 Å². The van der Waals surface area contributed by atoms with Gasteiger partial charge in [0.2, 0.25) is 0 Å². The summed E-state index contributed by atoms with van der Waals surface area (Å²) in [6, 6.07) is 0.517. The molecule has 0 radical (unpaired) electrons. The van der Waals surface area contributed by atoms with Gasteiger partial charge in [0.1, 0.15) is 5.75 Å². The first kappa shape index (κ1) is 16.0. The third kappa shape index (κ3) is 4.50. The second-order valence-electron chi connectivity index (χ2n) is 5.15. The molecule has 1 atom stereocenters. The van der Waals surface area contributed by atoms with E-state index in [0.717, 1.165) is 30.0 Å². The van der Waals surface area contributed by atoms with Gasteiger partial charge in [-0.2, -0.15) is 0 Å². The predicted octanol–water partition coefficient (Wildman–Crippen LogP) is 3.42. The summed E-state index contributed by atoms with van der Waals surface area (Å²) in [7, 11) is 1.73. The predicted molar refractivity (Wildman–Crippen MR) is 81.0 cm³/mol. The van der Waals surface area contributed by atoms with Gasteiger partial charge in [0.15, 0.2) is 0 Å². The topological polar surface area (TPSA) is 34.1 Å². The fourth-order valence-corrected chi connectivity index (χ4v) is 2.53.